The molecule has 2 heterocycles. The maximum Gasteiger partial charge on any atom is 0.251 e. The minimum atomic E-state index is -0.0144. The molecule has 1 aromatic carbocycles. The summed E-state index contributed by atoms with van der Waals surface area (Å²) >= 11 is 0. The van der Waals surface area contributed by atoms with Gasteiger partial charge in [-0.1, -0.05) is 18.2 Å². The maximum atomic E-state index is 12.5. The lowest BCUT2D eigenvalue weighted by atomic mass is 10.0. The van der Waals surface area contributed by atoms with E-state index in [1.807, 2.05) is 24.3 Å². The Morgan fingerprint density at radius 3 is 3.10 bits per heavy atom. The molecule has 0 radical (unpaired) electrons. The Bertz CT molecular complexity index is 590. The zero-order chi connectivity index (χ0) is 14.5. The number of aromatic nitrogens is 3. The molecular formula is C15H19N5O. The van der Waals surface area contributed by atoms with Gasteiger partial charge in [0.05, 0.1) is 6.54 Å². The minimum absolute atomic E-state index is 0.0144. The first-order valence-electron chi connectivity index (χ1n) is 7.25. The number of carbonyl (C=O) groups is 1. The first-order valence-corrected chi connectivity index (χ1v) is 7.25. The van der Waals surface area contributed by atoms with Crippen LogP contribution in [0.4, 0.5) is 0 Å². The van der Waals surface area contributed by atoms with Crippen LogP contribution in [0.15, 0.2) is 36.9 Å². The second-order valence-corrected chi connectivity index (χ2v) is 5.27. The first-order chi connectivity index (χ1) is 10.3. The number of piperidine rings is 1. The van der Waals surface area contributed by atoms with E-state index in [-0.39, 0.29) is 11.9 Å². The van der Waals surface area contributed by atoms with Crippen LogP contribution < -0.4 is 10.6 Å². The Kier molecular flexibility index (Phi) is 4.25. The maximum absolute atomic E-state index is 12.5. The molecular weight excluding hydrogens is 266 g/mol. The van der Waals surface area contributed by atoms with Gasteiger partial charge in [-0.15, -0.1) is 0 Å². The molecule has 1 aliphatic rings. The predicted octanol–water partition coefficient (Wildman–Crippen LogP) is 0.808. The third-order valence-electron chi connectivity index (χ3n) is 3.69. The Morgan fingerprint density at radius 2 is 2.33 bits per heavy atom. The Balaban J connectivity index is 1.73. The molecule has 0 unspecified atom stereocenters. The normalized spacial score (nSPS) is 18.4. The number of amides is 1. The molecule has 1 atom stereocenters. The standard InChI is InChI=1S/C15H19N5O/c21-15(19-13-5-3-7-16-8-13)14-6-2-1-4-12(14)9-20-11-17-10-18-20/h1-2,4,6,10-11,13,16H,3,5,7-9H2,(H,19,21)/t13-/m1/s1. The van der Waals surface area contributed by atoms with Crippen LogP contribution in [0.2, 0.25) is 0 Å². The van der Waals surface area contributed by atoms with Crippen LogP contribution in [-0.2, 0) is 6.54 Å². The molecule has 1 aliphatic heterocycles. The van der Waals surface area contributed by atoms with Crippen LogP contribution in [0.3, 0.4) is 0 Å². The number of nitrogens with one attached hydrogen (secondary N) is 2. The second kappa shape index (κ2) is 6.49. The highest BCUT2D eigenvalue weighted by Crippen LogP contribution is 2.11. The molecule has 3 rings (SSSR count). The van der Waals surface area contributed by atoms with Crippen LogP contribution in [-0.4, -0.2) is 39.8 Å². The highest BCUT2D eigenvalue weighted by Gasteiger charge is 2.18. The highest BCUT2D eigenvalue weighted by atomic mass is 16.1. The molecule has 2 N–H and O–H groups in total. The lowest BCUT2D eigenvalue weighted by Crippen LogP contribution is -2.45. The molecule has 1 aromatic heterocycles. The van der Waals surface area contributed by atoms with E-state index >= 15 is 0 Å². The average molecular weight is 285 g/mol. The summed E-state index contributed by atoms with van der Waals surface area (Å²) in [7, 11) is 0. The molecule has 6 nitrogen and oxygen atoms in total. The van der Waals surface area contributed by atoms with Crippen molar-refractivity contribution in [2.75, 3.05) is 13.1 Å². The summed E-state index contributed by atoms with van der Waals surface area (Å²) in [5, 5.41) is 10.5. The Hall–Kier alpha value is -2.21. The Morgan fingerprint density at radius 1 is 1.43 bits per heavy atom. The SMILES string of the molecule is O=C(N[C@@H]1CCCNC1)c1ccccc1Cn1cncn1. The molecule has 2 aromatic rings. The van der Waals surface area contributed by atoms with E-state index in [2.05, 4.69) is 20.7 Å². The monoisotopic (exact) mass is 285 g/mol. The van der Waals surface area contributed by atoms with Crippen LogP contribution in [0.25, 0.3) is 0 Å². The summed E-state index contributed by atoms with van der Waals surface area (Å²) < 4.78 is 1.72. The number of hydrogen-bond donors (Lipinski definition) is 2. The number of benzene rings is 1. The average Bonchev–Trinajstić information content (AvgIpc) is 3.02. The van der Waals surface area contributed by atoms with Crippen LogP contribution in [0, 0.1) is 0 Å². The van der Waals surface area contributed by atoms with Gasteiger partial charge in [-0.25, -0.2) is 9.67 Å². The van der Waals surface area contributed by atoms with Crippen LogP contribution in [0.5, 0.6) is 0 Å². The van der Waals surface area contributed by atoms with E-state index in [1.54, 1.807) is 11.0 Å². The van der Waals surface area contributed by atoms with Gasteiger partial charge in [0.2, 0.25) is 0 Å². The van der Waals surface area contributed by atoms with Gasteiger partial charge in [0, 0.05) is 18.2 Å². The third-order valence-corrected chi connectivity index (χ3v) is 3.69. The molecule has 110 valence electrons. The lowest BCUT2D eigenvalue weighted by Gasteiger charge is -2.24. The minimum Gasteiger partial charge on any atom is -0.348 e. The van der Waals surface area contributed by atoms with Crippen molar-refractivity contribution < 1.29 is 4.79 Å². The van der Waals surface area contributed by atoms with Gasteiger partial charge in [0.15, 0.2) is 0 Å². The van der Waals surface area contributed by atoms with Crippen molar-refractivity contribution in [1.29, 1.82) is 0 Å². The zero-order valence-corrected chi connectivity index (χ0v) is 11.8. The van der Waals surface area contributed by atoms with Crippen molar-refractivity contribution in [2.24, 2.45) is 0 Å². The molecule has 6 heteroatoms. The predicted molar refractivity (Wildman–Crippen MR) is 78.9 cm³/mol. The fourth-order valence-electron chi connectivity index (χ4n) is 2.61. The van der Waals surface area contributed by atoms with Crippen molar-refractivity contribution in [3.05, 3.63) is 48.0 Å². The molecule has 1 fully saturated rings. The van der Waals surface area contributed by atoms with Crippen molar-refractivity contribution in [1.82, 2.24) is 25.4 Å². The summed E-state index contributed by atoms with van der Waals surface area (Å²) in [4.78, 5) is 16.4. The number of carbonyl (C=O) groups excluding carboxylic acids is 1. The van der Waals surface area contributed by atoms with Crippen LogP contribution >= 0.6 is 0 Å². The van der Waals surface area contributed by atoms with Crippen molar-refractivity contribution in [3.8, 4) is 0 Å². The van der Waals surface area contributed by atoms with E-state index in [4.69, 9.17) is 0 Å². The summed E-state index contributed by atoms with van der Waals surface area (Å²) in [6.45, 7) is 2.43. The highest BCUT2D eigenvalue weighted by molar-refractivity contribution is 5.95. The van der Waals surface area contributed by atoms with Crippen LogP contribution in [0.1, 0.15) is 28.8 Å². The number of rotatable bonds is 4. The fraction of sp³-hybridized carbons (Fsp3) is 0.400. The molecule has 0 saturated carbocycles. The smallest absolute Gasteiger partial charge is 0.251 e. The zero-order valence-electron chi connectivity index (χ0n) is 11.8. The van der Waals surface area contributed by atoms with Gasteiger partial charge in [0.1, 0.15) is 12.7 Å². The largest absolute Gasteiger partial charge is 0.348 e. The van der Waals surface area contributed by atoms with E-state index in [1.165, 1.54) is 6.33 Å². The Labute approximate surface area is 123 Å². The van der Waals surface area contributed by atoms with E-state index in [0.717, 1.165) is 31.5 Å². The third kappa shape index (κ3) is 3.46. The fourth-order valence-corrected chi connectivity index (χ4v) is 2.61. The van der Waals surface area contributed by atoms with Gasteiger partial charge >= 0.3 is 0 Å². The van der Waals surface area contributed by atoms with Gasteiger partial charge < -0.3 is 10.6 Å². The van der Waals surface area contributed by atoms with E-state index < -0.39 is 0 Å². The molecule has 0 aliphatic carbocycles. The van der Waals surface area contributed by atoms with Gasteiger partial charge in [-0.3, -0.25) is 4.79 Å². The molecule has 0 spiro atoms. The van der Waals surface area contributed by atoms with E-state index in [9.17, 15) is 4.79 Å². The van der Waals surface area contributed by atoms with Gasteiger partial charge in [-0.2, -0.15) is 5.10 Å². The quantitative estimate of drug-likeness (QED) is 0.872. The molecule has 1 saturated heterocycles. The summed E-state index contributed by atoms with van der Waals surface area (Å²) in [5.74, 6) is -0.0144. The first kappa shape index (κ1) is 13.8. The molecule has 1 amide bonds. The van der Waals surface area contributed by atoms with E-state index in [0.29, 0.717) is 12.1 Å². The summed E-state index contributed by atoms with van der Waals surface area (Å²) in [5.41, 5.74) is 1.66. The summed E-state index contributed by atoms with van der Waals surface area (Å²) in [6.07, 6.45) is 5.28. The lowest BCUT2D eigenvalue weighted by molar-refractivity contribution is 0.0929. The van der Waals surface area contributed by atoms with Crippen molar-refractivity contribution in [3.63, 3.8) is 0 Å². The topological polar surface area (TPSA) is 71.8 Å². The molecule has 0 bridgehead atoms. The summed E-state index contributed by atoms with van der Waals surface area (Å²) in [6, 6.07) is 7.85. The van der Waals surface area contributed by atoms with Gasteiger partial charge in [0.25, 0.3) is 5.91 Å². The van der Waals surface area contributed by atoms with Gasteiger partial charge in [-0.05, 0) is 31.0 Å². The number of hydrogen-bond acceptors (Lipinski definition) is 4. The number of nitrogens with zero attached hydrogens (tertiary/aromatic N) is 3. The van der Waals surface area contributed by atoms with Crippen molar-refractivity contribution in [2.45, 2.75) is 25.4 Å². The molecule has 21 heavy (non-hydrogen) atoms. The second-order valence-electron chi connectivity index (χ2n) is 5.27. The van der Waals surface area contributed by atoms with Crippen molar-refractivity contribution >= 4 is 5.91 Å².